The topological polar surface area (TPSA) is 39.7 Å². The minimum absolute atomic E-state index is 0.258. The normalized spacial score (nSPS) is 11.1. The van der Waals surface area contributed by atoms with E-state index in [1.165, 1.54) is 0 Å². The van der Waals surface area contributed by atoms with E-state index >= 15 is 0 Å². The van der Waals surface area contributed by atoms with Gasteiger partial charge in [0.05, 0.1) is 12.7 Å². The van der Waals surface area contributed by atoms with E-state index in [9.17, 15) is 0 Å². The van der Waals surface area contributed by atoms with E-state index in [2.05, 4.69) is 5.32 Å². The highest BCUT2D eigenvalue weighted by Crippen LogP contribution is 2.35. The summed E-state index contributed by atoms with van der Waals surface area (Å²) in [6.45, 7) is 9.05. The summed E-state index contributed by atoms with van der Waals surface area (Å²) in [4.78, 5) is 0. The zero-order valence-electron chi connectivity index (χ0n) is 17.1. The van der Waals surface area contributed by atoms with E-state index in [4.69, 9.17) is 49.0 Å². The maximum Gasteiger partial charge on any atom is 0.163 e. The van der Waals surface area contributed by atoms with Crippen LogP contribution in [0.25, 0.3) is 0 Å². The van der Waals surface area contributed by atoms with Gasteiger partial charge >= 0.3 is 0 Å². The summed E-state index contributed by atoms with van der Waals surface area (Å²) in [5, 5.41) is 5.15. The number of hydrogen-bond donors (Lipinski definition) is 1. The summed E-state index contributed by atoms with van der Waals surface area (Å²) in [5.41, 5.74) is 1.79. The summed E-state index contributed by atoms with van der Waals surface area (Å²) >= 11 is 18.6. The minimum atomic E-state index is 0.258. The molecule has 0 saturated heterocycles. The lowest BCUT2D eigenvalue weighted by Crippen LogP contribution is -2.17. The molecule has 0 heterocycles. The van der Waals surface area contributed by atoms with Crippen LogP contribution in [0.15, 0.2) is 30.3 Å². The van der Waals surface area contributed by atoms with Gasteiger partial charge in [0.1, 0.15) is 6.61 Å². The van der Waals surface area contributed by atoms with Gasteiger partial charge < -0.3 is 19.5 Å². The van der Waals surface area contributed by atoms with Crippen LogP contribution < -0.4 is 14.8 Å². The van der Waals surface area contributed by atoms with Gasteiger partial charge in [0.25, 0.3) is 0 Å². The summed E-state index contributed by atoms with van der Waals surface area (Å²) < 4.78 is 17.2. The van der Waals surface area contributed by atoms with Crippen LogP contribution in [0.4, 0.5) is 0 Å². The monoisotopic (exact) mass is 459 g/mol. The molecule has 0 fully saturated rings. The molecule has 2 aromatic rings. The molecule has 2 rings (SSSR count). The van der Waals surface area contributed by atoms with Gasteiger partial charge in [0, 0.05) is 39.8 Å². The molecule has 0 spiro atoms. The lowest BCUT2D eigenvalue weighted by Gasteiger charge is -2.16. The number of ether oxygens (including phenoxy) is 3. The molecule has 0 aliphatic rings. The Kier molecular flexibility index (Phi) is 10.4. The molecule has 0 amide bonds. The highest BCUT2D eigenvalue weighted by Gasteiger charge is 2.12. The second-order valence-corrected chi connectivity index (χ2v) is 8.05. The van der Waals surface area contributed by atoms with Crippen LogP contribution in [-0.4, -0.2) is 25.9 Å². The van der Waals surface area contributed by atoms with Gasteiger partial charge in [0.2, 0.25) is 0 Å². The Morgan fingerprint density at radius 2 is 1.66 bits per heavy atom. The number of hydrogen-bond acceptors (Lipinski definition) is 4. The lowest BCUT2D eigenvalue weighted by molar-refractivity contribution is 0.0770. The van der Waals surface area contributed by atoms with E-state index in [0.29, 0.717) is 46.3 Å². The Morgan fingerprint density at radius 1 is 0.931 bits per heavy atom. The highest BCUT2D eigenvalue weighted by atomic mass is 35.5. The molecule has 0 bridgehead atoms. The zero-order valence-corrected chi connectivity index (χ0v) is 19.3. The summed E-state index contributed by atoms with van der Waals surface area (Å²) in [5.74, 6) is 1.24. The lowest BCUT2D eigenvalue weighted by atomic mass is 10.2. The molecule has 0 aliphatic carbocycles. The molecule has 0 atom stereocenters. The van der Waals surface area contributed by atoms with Crippen molar-refractivity contribution in [1.82, 2.24) is 5.32 Å². The quantitative estimate of drug-likeness (QED) is 0.366. The molecule has 0 unspecified atom stereocenters. The van der Waals surface area contributed by atoms with Crippen molar-refractivity contribution < 1.29 is 14.2 Å². The second-order valence-electron chi connectivity index (χ2n) is 6.80. The molecule has 0 saturated carbocycles. The van der Waals surface area contributed by atoms with Crippen molar-refractivity contribution in [3.63, 3.8) is 0 Å². The number of benzene rings is 2. The van der Waals surface area contributed by atoms with Gasteiger partial charge in [-0.2, -0.15) is 0 Å². The fourth-order valence-corrected chi connectivity index (χ4v) is 3.31. The maximum atomic E-state index is 6.47. The van der Waals surface area contributed by atoms with Crippen molar-refractivity contribution in [1.29, 1.82) is 0 Å². The van der Waals surface area contributed by atoms with Crippen molar-refractivity contribution in [3.8, 4) is 11.5 Å². The molecule has 2 aromatic carbocycles. The van der Waals surface area contributed by atoms with E-state index in [-0.39, 0.29) is 6.10 Å². The molecular formula is C22H28Cl3NO3. The smallest absolute Gasteiger partial charge is 0.163 e. The molecule has 0 aromatic heterocycles. The SMILES string of the molecule is CCOc1cc(CNCCCOC(C)C)c(Cl)cc1OCc1ccc(Cl)cc1Cl. The van der Waals surface area contributed by atoms with Crippen molar-refractivity contribution in [2.75, 3.05) is 19.8 Å². The van der Waals surface area contributed by atoms with Crippen molar-refractivity contribution in [3.05, 3.63) is 56.5 Å². The van der Waals surface area contributed by atoms with Crippen molar-refractivity contribution in [2.24, 2.45) is 0 Å². The van der Waals surface area contributed by atoms with Crippen LogP contribution in [0.3, 0.4) is 0 Å². The van der Waals surface area contributed by atoms with Gasteiger partial charge in [-0.25, -0.2) is 0 Å². The van der Waals surface area contributed by atoms with Gasteiger partial charge in [0.15, 0.2) is 11.5 Å². The number of halogens is 3. The standard InChI is InChI=1S/C22H28Cl3NO3/c1-4-27-21-10-17(13-26-8-5-9-28-15(2)3)20(25)12-22(21)29-14-16-6-7-18(23)11-19(16)24/h6-7,10-12,15,26H,4-5,8-9,13-14H2,1-3H3. The Morgan fingerprint density at radius 3 is 2.34 bits per heavy atom. The van der Waals surface area contributed by atoms with E-state index < -0.39 is 0 Å². The predicted molar refractivity (Wildman–Crippen MR) is 121 cm³/mol. The van der Waals surface area contributed by atoms with E-state index in [1.54, 1.807) is 18.2 Å². The highest BCUT2D eigenvalue weighted by molar-refractivity contribution is 6.35. The average Bonchev–Trinajstić information content (AvgIpc) is 2.66. The summed E-state index contributed by atoms with van der Waals surface area (Å²) in [7, 11) is 0. The summed E-state index contributed by atoms with van der Waals surface area (Å²) in [6.07, 6.45) is 1.20. The van der Waals surface area contributed by atoms with Crippen molar-refractivity contribution >= 4 is 34.8 Å². The van der Waals surface area contributed by atoms with E-state index in [1.807, 2.05) is 32.9 Å². The van der Waals surface area contributed by atoms with Crippen LogP contribution in [0, 0.1) is 0 Å². The van der Waals surface area contributed by atoms with Gasteiger partial charge in [-0.05, 0) is 57.5 Å². The molecule has 4 nitrogen and oxygen atoms in total. The van der Waals surface area contributed by atoms with Gasteiger partial charge in [-0.15, -0.1) is 0 Å². The first-order valence-corrected chi connectivity index (χ1v) is 10.9. The molecule has 29 heavy (non-hydrogen) atoms. The van der Waals surface area contributed by atoms with Crippen molar-refractivity contribution in [2.45, 2.75) is 46.4 Å². The Hall–Kier alpha value is -1.17. The van der Waals surface area contributed by atoms with E-state index in [0.717, 1.165) is 30.7 Å². The largest absolute Gasteiger partial charge is 0.490 e. The Labute approximate surface area is 188 Å². The maximum absolute atomic E-state index is 6.47. The molecule has 160 valence electrons. The fraction of sp³-hybridized carbons (Fsp3) is 0.455. The first-order chi connectivity index (χ1) is 13.9. The fourth-order valence-electron chi connectivity index (χ4n) is 2.63. The van der Waals surface area contributed by atoms with Crippen LogP contribution in [0.5, 0.6) is 11.5 Å². The molecule has 0 radical (unpaired) electrons. The van der Waals surface area contributed by atoms with Crippen LogP contribution in [0.1, 0.15) is 38.3 Å². The third-order valence-electron chi connectivity index (χ3n) is 4.08. The third kappa shape index (κ3) is 8.23. The van der Waals surface area contributed by atoms with Gasteiger partial charge in [-0.3, -0.25) is 0 Å². The van der Waals surface area contributed by atoms with Crippen LogP contribution in [-0.2, 0) is 17.9 Å². The molecule has 0 aliphatic heterocycles. The first-order valence-electron chi connectivity index (χ1n) is 9.75. The van der Waals surface area contributed by atoms with Crippen LogP contribution >= 0.6 is 34.8 Å². The minimum Gasteiger partial charge on any atom is -0.490 e. The zero-order chi connectivity index (χ0) is 21.2. The molecule has 7 heteroatoms. The predicted octanol–water partition coefficient (Wildman–Crippen LogP) is 6.53. The average molecular weight is 461 g/mol. The third-order valence-corrected chi connectivity index (χ3v) is 5.01. The number of rotatable bonds is 12. The molecular weight excluding hydrogens is 433 g/mol. The Bertz CT molecular complexity index is 784. The second kappa shape index (κ2) is 12.5. The van der Waals surface area contributed by atoms with Crippen LogP contribution in [0.2, 0.25) is 15.1 Å². The number of nitrogens with one attached hydrogen (secondary N) is 1. The summed E-state index contributed by atoms with van der Waals surface area (Å²) in [6, 6.07) is 9.02. The van der Waals surface area contributed by atoms with Gasteiger partial charge in [-0.1, -0.05) is 40.9 Å². The molecule has 1 N–H and O–H groups in total. The first kappa shape index (κ1) is 24.1. The Balaban J connectivity index is 1.99.